The molecule has 0 bridgehead atoms. The lowest BCUT2D eigenvalue weighted by Gasteiger charge is -2.37. The third-order valence-electron chi connectivity index (χ3n) is 5.73. The highest BCUT2D eigenvalue weighted by molar-refractivity contribution is 5.54. The fourth-order valence-corrected chi connectivity index (χ4v) is 4.27. The molecule has 0 saturated carbocycles. The molecule has 0 aromatic heterocycles. The number of fused-ring (bicyclic) bond motifs is 3. The second-order valence-corrected chi connectivity index (χ2v) is 7.80. The molecule has 1 aliphatic carbocycles. The number of aryl methyl sites for hydroxylation is 1. The molecule has 1 N–H and O–H groups in total. The second kappa shape index (κ2) is 8.12. The molecule has 1 aromatic carbocycles. The maximum absolute atomic E-state index is 10.7. The lowest BCUT2D eigenvalue weighted by Crippen LogP contribution is -2.25. The van der Waals surface area contributed by atoms with Crippen LogP contribution < -0.4 is 4.74 Å². The van der Waals surface area contributed by atoms with Gasteiger partial charge in [0.2, 0.25) is 0 Å². The van der Waals surface area contributed by atoms with Gasteiger partial charge in [-0.3, -0.25) is 0 Å². The van der Waals surface area contributed by atoms with Crippen molar-refractivity contribution in [2.75, 3.05) is 0 Å². The van der Waals surface area contributed by atoms with Crippen LogP contribution in [0.25, 0.3) is 0 Å². The fraction of sp³-hybridized carbons (Fsp3) is 0.565. The van der Waals surface area contributed by atoms with E-state index in [0.29, 0.717) is 11.7 Å². The van der Waals surface area contributed by atoms with E-state index in [9.17, 15) is 5.11 Å². The minimum absolute atomic E-state index is 0.216. The number of ether oxygens (including phenoxy) is 1. The summed E-state index contributed by atoms with van der Waals surface area (Å²) >= 11 is 0. The molecular weight excluding hydrogens is 308 g/mol. The molecule has 0 saturated heterocycles. The molecular formula is C23H32O2. The number of benzene rings is 1. The summed E-state index contributed by atoms with van der Waals surface area (Å²) in [6, 6.07) is 4.08. The monoisotopic (exact) mass is 340 g/mol. The zero-order valence-electron chi connectivity index (χ0n) is 15.8. The number of hydrogen-bond donors (Lipinski definition) is 1. The number of rotatable bonds is 7. The average Bonchev–Trinajstić information content (AvgIpc) is 2.57. The van der Waals surface area contributed by atoms with Crippen molar-refractivity contribution in [1.82, 2.24) is 0 Å². The van der Waals surface area contributed by atoms with Crippen LogP contribution >= 0.6 is 0 Å². The van der Waals surface area contributed by atoms with Crippen LogP contribution in [0.2, 0.25) is 0 Å². The van der Waals surface area contributed by atoms with Crippen LogP contribution in [0.15, 0.2) is 36.1 Å². The number of unbranched alkanes of at least 4 members (excludes halogenated alkanes) is 5. The molecule has 25 heavy (non-hydrogen) atoms. The molecule has 3 rings (SSSR count). The molecule has 1 aromatic rings. The van der Waals surface area contributed by atoms with Gasteiger partial charge in [0.15, 0.2) is 0 Å². The van der Waals surface area contributed by atoms with Crippen molar-refractivity contribution >= 4 is 0 Å². The van der Waals surface area contributed by atoms with E-state index in [1.165, 1.54) is 49.7 Å². The summed E-state index contributed by atoms with van der Waals surface area (Å²) in [7, 11) is 0. The molecule has 0 fully saturated rings. The molecule has 2 atom stereocenters. The standard InChI is InChI=1S/C23H32O2/c1-4-5-6-7-8-9-10-18-14-21(24)23-20-13-16(2)11-12-19(20)17(3)25-22(23)15-18/h13-15,19-20,24H,3-12H2,1-2H3/t19-,20+/m0/s1. The van der Waals surface area contributed by atoms with Crippen molar-refractivity contribution in [2.24, 2.45) is 5.92 Å². The van der Waals surface area contributed by atoms with Gasteiger partial charge in [-0.05, 0) is 50.3 Å². The average molecular weight is 341 g/mol. The van der Waals surface area contributed by atoms with E-state index in [1.807, 2.05) is 6.07 Å². The Labute approximate surface area is 152 Å². The first-order chi connectivity index (χ1) is 12.1. The Morgan fingerprint density at radius 1 is 1.16 bits per heavy atom. The van der Waals surface area contributed by atoms with Gasteiger partial charge in [0.25, 0.3) is 0 Å². The highest BCUT2D eigenvalue weighted by atomic mass is 16.5. The van der Waals surface area contributed by atoms with Crippen molar-refractivity contribution < 1.29 is 9.84 Å². The van der Waals surface area contributed by atoms with Gasteiger partial charge < -0.3 is 9.84 Å². The van der Waals surface area contributed by atoms with Gasteiger partial charge in [-0.2, -0.15) is 0 Å². The summed E-state index contributed by atoms with van der Waals surface area (Å²) in [6.07, 6.45) is 13.2. The molecule has 0 unspecified atom stereocenters. The van der Waals surface area contributed by atoms with Crippen molar-refractivity contribution in [3.8, 4) is 11.5 Å². The number of phenols is 1. The second-order valence-electron chi connectivity index (χ2n) is 7.80. The van der Waals surface area contributed by atoms with Crippen molar-refractivity contribution in [3.63, 3.8) is 0 Å². The van der Waals surface area contributed by atoms with Gasteiger partial charge >= 0.3 is 0 Å². The molecule has 2 nitrogen and oxygen atoms in total. The van der Waals surface area contributed by atoms with Gasteiger partial charge in [0, 0.05) is 17.4 Å². The molecule has 0 radical (unpaired) electrons. The Hall–Kier alpha value is -1.70. The smallest absolute Gasteiger partial charge is 0.134 e. The summed E-state index contributed by atoms with van der Waals surface area (Å²) in [6.45, 7) is 8.58. The van der Waals surface area contributed by atoms with E-state index in [2.05, 4.69) is 32.6 Å². The molecule has 1 heterocycles. The number of aromatic hydroxyl groups is 1. The van der Waals surface area contributed by atoms with Crippen LogP contribution in [0.5, 0.6) is 11.5 Å². The number of hydrogen-bond acceptors (Lipinski definition) is 2. The summed E-state index contributed by atoms with van der Waals surface area (Å²) in [4.78, 5) is 0. The largest absolute Gasteiger partial charge is 0.507 e. The normalized spacial score (nSPS) is 22.0. The van der Waals surface area contributed by atoms with E-state index < -0.39 is 0 Å². The molecule has 0 amide bonds. The summed E-state index contributed by atoms with van der Waals surface area (Å²) in [5, 5.41) is 10.7. The molecule has 2 heteroatoms. The van der Waals surface area contributed by atoms with Crippen molar-refractivity contribution in [3.05, 3.63) is 47.2 Å². The summed E-state index contributed by atoms with van der Waals surface area (Å²) < 4.78 is 6.03. The Balaban J connectivity index is 1.72. The molecule has 2 aliphatic rings. The van der Waals surface area contributed by atoms with Crippen LogP contribution in [0, 0.1) is 5.92 Å². The van der Waals surface area contributed by atoms with E-state index >= 15 is 0 Å². The van der Waals surface area contributed by atoms with Gasteiger partial charge in [-0.1, -0.05) is 57.3 Å². The first kappa shape index (κ1) is 18.1. The van der Waals surface area contributed by atoms with Crippen molar-refractivity contribution in [2.45, 2.75) is 77.6 Å². The predicted octanol–water partition coefficient (Wildman–Crippen LogP) is 6.64. The highest BCUT2D eigenvalue weighted by Gasteiger charge is 2.36. The lowest BCUT2D eigenvalue weighted by atomic mass is 9.74. The third-order valence-corrected chi connectivity index (χ3v) is 5.73. The number of allylic oxidation sites excluding steroid dienone is 3. The number of phenolic OH excluding ortho intramolecular Hbond substituents is 1. The van der Waals surface area contributed by atoms with Crippen LogP contribution in [-0.2, 0) is 6.42 Å². The maximum Gasteiger partial charge on any atom is 0.134 e. The highest BCUT2D eigenvalue weighted by Crippen LogP contribution is 2.51. The molecule has 0 spiro atoms. The first-order valence-corrected chi connectivity index (χ1v) is 10.00. The lowest BCUT2D eigenvalue weighted by molar-refractivity contribution is 0.275. The Morgan fingerprint density at radius 2 is 1.92 bits per heavy atom. The van der Waals surface area contributed by atoms with Crippen LogP contribution in [0.3, 0.4) is 0 Å². The van der Waals surface area contributed by atoms with E-state index in [1.54, 1.807) is 0 Å². The van der Waals surface area contributed by atoms with Gasteiger partial charge in [-0.25, -0.2) is 0 Å². The van der Waals surface area contributed by atoms with Crippen LogP contribution in [-0.4, -0.2) is 5.11 Å². The minimum Gasteiger partial charge on any atom is -0.507 e. The zero-order valence-corrected chi connectivity index (χ0v) is 15.8. The first-order valence-electron chi connectivity index (χ1n) is 10.00. The van der Waals surface area contributed by atoms with E-state index in [-0.39, 0.29) is 5.92 Å². The van der Waals surface area contributed by atoms with Gasteiger partial charge in [0.1, 0.15) is 17.3 Å². The van der Waals surface area contributed by atoms with Crippen LogP contribution in [0.4, 0.5) is 0 Å². The summed E-state index contributed by atoms with van der Waals surface area (Å²) in [5.41, 5.74) is 3.54. The third kappa shape index (κ3) is 4.11. The minimum atomic E-state index is 0.216. The topological polar surface area (TPSA) is 29.5 Å². The van der Waals surface area contributed by atoms with E-state index in [0.717, 1.165) is 36.3 Å². The van der Waals surface area contributed by atoms with Gasteiger partial charge in [0.05, 0.1) is 0 Å². The quantitative estimate of drug-likeness (QED) is 0.445. The Morgan fingerprint density at radius 3 is 2.72 bits per heavy atom. The van der Waals surface area contributed by atoms with Crippen LogP contribution in [0.1, 0.15) is 82.3 Å². The van der Waals surface area contributed by atoms with Crippen molar-refractivity contribution in [1.29, 1.82) is 0 Å². The summed E-state index contributed by atoms with van der Waals surface area (Å²) in [5.74, 6) is 2.59. The molecule has 1 aliphatic heterocycles. The Bertz CT molecular complexity index is 656. The SMILES string of the molecule is C=C1Oc2cc(CCCCCCCC)cc(O)c2[C@@H]2C=C(C)CC[C@@H]12. The van der Waals surface area contributed by atoms with E-state index in [4.69, 9.17) is 4.74 Å². The Kier molecular flexibility index (Phi) is 5.88. The fourth-order valence-electron chi connectivity index (χ4n) is 4.27. The predicted molar refractivity (Wildman–Crippen MR) is 104 cm³/mol. The molecule has 136 valence electrons. The zero-order chi connectivity index (χ0) is 17.8. The maximum atomic E-state index is 10.7. The van der Waals surface area contributed by atoms with Gasteiger partial charge in [-0.15, -0.1) is 0 Å².